The maximum Gasteiger partial charge on any atom is 0.340 e. The van der Waals surface area contributed by atoms with Crippen molar-refractivity contribution in [1.82, 2.24) is 9.88 Å². The number of hydrogen-bond acceptors (Lipinski definition) is 5. The van der Waals surface area contributed by atoms with Crippen molar-refractivity contribution in [3.8, 4) is 0 Å². The predicted molar refractivity (Wildman–Crippen MR) is 93.1 cm³/mol. The number of methoxy groups -OCH3 is 1. The van der Waals surface area contributed by atoms with Gasteiger partial charge in [-0.25, -0.2) is 4.79 Å². The molecule has 1 aliphatic rings. The first-order chi connectivity index (χ1) is 11.5. The third-order valence-corrected chi connectivity index (χ3v) is 4.49. The summed E-state index contributed by atoms with van der Waals surface area (Å²) in [5.41, 5.74) is 3.20. The van der Waals surface area contributed by atoms with E-state index in [1.54, 1.807) is 0 Å². The van der Waals surface area contributed by atoms with Crippen LogP contribution in [-0.2, 0) is 16.0 Å². The smallest absolute Gasteiger partial charge is 0.340 e. The van der Waals surface area contributed by atoms with E-state index < -0.39 is 0 Å². The van der Waals surface area contributed by atoms with E-state index in [4.69, 9.17) is 14.5 Å². The number of carbonyl (C=O) groups excluding carboxylic acids is 1. The Morgan fingerprint density at radius 3 is 2.62 bits per heavy atom. The SMILES string of the molecule is COC(=O)c1c(CN2C[C@H](C)O[C@@H](C)C2)nc2ccccc2c1C. The lowest BCUT2D eigenvalue weighted by atomic mass is 10.0. The number of aromatic nitrogens is 1. The summed E-state index contributed by atoms with van der Waals surface area (Å²) in [6.07, 6.45) is 0.355. The van der Waals surface area contributed by atoms with Crippen LogP contribution < -0.4 is 0 Å². The highest BCUT2D eigenvalue weighted by molar-refractivity contribution is 5.98. The minimum atomic E-state index is -0.324. The van der Waals surface area contributed by atoms with E-state index in [9.17, 15) is 4.79 Å². The number of morpholine rings is 1. The van der Waals surface area contributed by atoms with Crippen molar-refractivity contribution in [3.05, 3.63) is 41.1 Å². The van der Waals surface area contributed by atoms with Gasteiger partial charge in [0, 0.05) is 25.0 Å². The second kappa shape index (κ2) is 6.87. The Balaban J connectivity index is 2.03. The van der Waals surface area contributed by atoms with E-state index in [-0.39, 0.29) is 18.2 Å². The maximum absolute atomic E-state index is 12.4. The van der Waals surface area contributed by atoms with Gasteiger partial charge in [-0.3, -0.25) is 9.88 Å². The number of rotatable bonds is 3. The number of esters is 1. The van der Waals surface area contributed by atoms with Gasteiger partial charge in [-0.2, -0.15) is 0 Å². The molecule has 0 unspecified atom stereocenters. The van der Waals surface area contributed by atoms with Crippen LogP contribution in [0.25, 0.3) is 10.9 Å². The Kier molecular flexibility index (Phi) is 4.83. The molecule has 5 nitrogen and oxygen atoms in total. The fraction of sp³-hybridized carbons (Fsp3) is 0.474. The summed E-state index contributed by atoms with van der Waals surface area (Å²) < 4.78 is 10.8. The lowest BCUT2D eigenvalue weighted by Crippen LogP contribution is -2.45. The van der Waals surface area contributed by atoms with Crippen LogP contribution >= 0.6 is 0 Å². The monoisotopic (exact) mass is 328 g/mol. The van der Waals surface area contributed by atoms with Crippen LogP contribution in [0.3, 0.4) is 0 Å². The summed E-state index contributed by atoms with van der Waals surface area (Å²) in [7, 11) is 1.42. The van der Waals surface area contributed by atoms with Crippen LogP contribution in [0.2, 0.25) is 0 Å². The second-order valence-corrected chi connectivity index (χ2v) is 6.52. The number of hydrogen-bond donors (Lipinski definition) is 0. The summed E-state index contributed by atoms with van der Waals surface area (Å²) >= 11 is 0. The molecule has 2 heterocycles. The van der Waals surface area contributed by atoms with Gasteiger partial charge in [0.05, 0.1) is 36.1 Å². The van der Waals surface area contributed by atoms with Gasteiger partial charge in [-0.05, 0) is 32.4 Å². The molecule has 0 bridgehead atoms. The Labute approximate surface area is 142 Å². The minimum Gasteiger partial charge on any atom is -0.465 e. The fourth-order valence-corrected chi connectivity index (χ4v) is 3.55. The van der Waals surface area contributed by atoms with Crippen molar-refractivity contribution in [2.24, 2.45) is 0 Å². The standard InChI is InChI=1S/C19H24N2O3/c1-12-9-21(10-13(2)24-12)11-17-18(19(22)23-4)14(3)15-7-5-6-8-16(15)20-17/h5-8,12-13H,9-11H2,1-4H3/t12-,13-/m0/s1. The topological polar surface area (TPSA) is 51.7 Å². The number of para-hydroxylation sites is 1. The van der Waals surface area contributed by atoms with Crippen molar-refractivity contribution >= 4 is 16.9 Å². The van der Waals surface area contributed by atoms with Crippen molar-refractivity contribution in [1.29, 1.82) is 0 Å². The molecule has 0 spiro atoms. The molecule has 2 atom stereocenters. The Bertz CT molecular complexity index is 750. The Morgan fingerprint density at radius 1 is 1.29 bits per heavy atom. The number of ether oxygens (including phenoxy) is 2. The normalized spacial score (nSPS) is 21.8. The van der Waals surface area contributed by atoms with E-state index in [1.165, 1.54) is 7.11 Å². The lowest BCUT2D eigenvalue weighted by Gasteiger charge is -2.35. The number of pyridine rings is 1. The van der Waals surface area contributed by atoms with Crippen molar-refractivity contribution in [2.45, 2.75) is 39.5 Å². The van der Waals surface area contributed by atoms with Crippen LogP contribution in [0.1, 0.15) is 35.5 Å². The average molecular weight is 328 g/mol. The quantitative estimate of drug-likeness (QED) is 0.811. The van der Waals surface area contributed by atoms with Gasteiger partial charge in [0.25, 0.3) is 0 Å². The molecular formula is C19H24N2O3. The summed E-state index contributed by atoms with van der Waals surface area (Å²) in [4.78, 5) is 19.4. The van der Waals surface area contributed by atoms with Crippen molar-refractivity contribution < 1.29 is 14.3 Å². The first-order valence-electron chi connectivity index (χ1n) is 8.34. The number of aryl methyl sites for hydroxylation is 1. The number of nitrogens with zero attached hydrogens (tertiary/aromatic N) is 2. The molecule has 0 saturated carbocycles. The van der Waals surface area contributed by atoms with Gasteiger partial charge < -0.3 is 9.47 Å². The Morgan fingerprint density at radius 2 is 1.96 bits per heavy atom. The van der Waals surface area contributed by atoms with Gasteiger partial charge in [0.1, 0.15) is 0 Å². The molecule has 128 valence electrons. The van der Waals surface area contributed by atoms with Crippen LogP contribution in [0.4, 0.5) is 0 Å². The zero-order valence-electron chi connectivity index (χ0n) is 14.7. The minimum absolute atomic E-state index is 0.178. The van der Waals surface area contributed by atoms with Gasteiger partial charge in [0.2, 0.25) is 0 Å². The number of carbonyl (C=O) groups is 1. The van der Waals surface area contributed by atoms with Crippen LogP contribution in [0.5, 0.6) is 0 Å². The summed E-state index contributed by atoms with van der Waals surface area (Å²) in [5.74, 6) is -0.324. The number of benzene rings is 1. The molecule has 0 aliphatic carbocycles. The van der Waals surface area contributed by atoms with Crippen LogP contribution in [0, 0.1) is 6.92 Å². The van der Waals surface area contributed by atoms with Crippen LogP contribution in [-0.4, -0.2) is 48.3 Å². The number of fused-ring (bicyclic) bond motifs is 1. The highest BCUT2D eigenvalue weighted by Crippen LogP contribution is 2.25. The zero-order chi connectivity index (χ0) is 17.3. The van der Waals surface area contributed by atoms with Crippen LogP contribution in [0.15, 0.2) is 24.3 Å². The highest BCUT2D eigenvalue weighted by atomic mass is 16.5. The molecule has 0 N–H and O–H groups in total. The molecule has 1 aliphatic heterocycles. The first kappa shape index (κ1) is 16.9. The van der Waals surface area contributed by atoms with Crippen molar-refractivity contribution in [2.75, 3.05) is 20.2 Å². The summed E-state index contributed by atoms with van der Waals surface area (Å²) in [6, 6.07) is 7.91. The average Bonchev–Trinajstić information content (AvgIpc) is 2.53. The Hall–Kier alpha value is -1.98. The first-order valence-corrected chi connectivity index (χ1v) is 8.34. The van der Waals surface area contributed by atoms with Crippen molar-refractivity contribution in [3.63, 3.8) is 0 Å². The molecule has 2 aromatic rings. The molecular weight excluding hydrogens is 304 g/mol. The third-order valence-electron chi connectivity index (χ3n) is 4.49. The molecule has 5 heteroatoms. The predicted octanol–water partition coefficient (Wildman–Crippen LogP) is 2.94. The molecule has 3 rings (SSSR count). The fourth-order valence-electron chi connectivity index (χ4n) is 3.55. The van der Waals surface area contributed by atoms with E-state index in [0.717, 1.165) is 35.2 Å². The van der Waals surface area contributed by atoms with Gasteiger partial charge >= 0.3 is 5.97 Å². The maximum atomic E-state index is 12.4. The van der Waals surface area contributed by atoms with E-state index in [1.807, 2.05) is 31.2 Å². The summed E-state index contributed by atoms with van der Waals surface area (Å²) in [6.45, 7) is 8.39. The third kappa shape index (κ3) is 3.28. The van der Waals surface area contributed by atoms with E-state index in [0.29, 0.717) is 12.1 Å². The lowest BCUT2D eigenvalue weighted by molar-refractivity contribution is -0.0707. The molecule has 0 radical (unpaired) electrons. The summed E-state index contributed by atoms with van der Waals surface area (Å²) in [5, 5.41) is 0.991. The van der Waals surface area contributed by atoms with E-state index >= 15 is 0 Å². The molecule has 1 fully saturated rings. The van der Waals surface area contributed by atoms with E-state index in [2.05, 4.69) is 18.7 Å². The van der Waals surface area contributed by atoms with Gasteiger partial charge in [-0.1, -0.05) is 18.2 Å². The zero-order valence-corrected chi connectivity index (χ0v) is 14.7. The largest absolute Gasteiger partial charge is 0.465 e. The van der Waals surface area contributed by atoms with Gasteiger partial charge in [0.15, 0.2) is 0 Å². The second-order valence-electron chi connectivity index (χ2n) is 6.52. The molecule has 1 aromatic heterocycles. The molecule has 1 saturated heterocycles. The highest BCUT2D eigenvalue weighted by Gasteiger charge is 2.26. The molecule has 0 amide bonds. The van der Waals surface area contributed by atoms with Gasteiger partial charge in [-0.15, -0.1) is 0 Å². The molecule has 1 aromatic carbocycles. The molecule has 24 heavy (non-hydrogen) atoms.